The Morgan fingerprint density at radius 2 is 1.64 bits per heavy atom. The molecule has 0 spiro atoms. The zero-order valence-corrected chi connectivity index (χ0v) is 8.10. The highest BCUT2D eigenvalue weighted by Gasteiger charge is 2.04. The topological polar surface area (TPSA) is 51.6 Å². The van der Waals surface area contributed by atoms with Gasteiger partial charge >= 0.3 is 0 Å². The zero-order valence-electron chi connectivity index (χ0n) is 8.10. The van der Waals surface area contributed by atoms with E-state index in [9.17, 15) is 0 Å². The SMILES string of the molecule is Cc1cnc(-c2ncccn2)nc1C. The van der Waals surface area contributed by atoms with Gasteiger partial charge in [-0.1, -0.05) is 0 Å². The number of nitrogens with zero attached hydrogens (tertiary/aromatic N) is 4. The van der Waals surface area contributed by atoms with Crippen LogP contribution in [0.2, 0.25) is 0 Å². The van der Waals surface area contributed by atoms with Gasteiger partial charge in [-0.3, -0.25) is 0 Å². The smallest absolute Gasteiger partial charge is 0.197 e. The summed E-state index contributed by atoms with van der Waals surface area (Å²) in [5, 5.41) is 0. The zero-order chi connectivity index (χ0) is 9.97. The largest absolute Gasteiger partial charge is 0.234 e. The van der Waals surface area contributed by atoms with Crippen LogP contribution in [0.15, 0.2) is 24.7 Å². The molecule has 70 valence electrons. The highest BCUT2D eigenvalue weighted by molar-refractivity contribution is 5.42. The number of rotatable bonds is 1. The van der Waals surface area contributed by atoms with Crippen molar-refractivity contribution in [2.75, 3.05) is 0 Å². The second-order valence-corrected chi connectivity index (χ2v) is 3.03. The van der Waals surface area contributed by atoms with E-state index in [1.807, 2.05) is 13.8 Å². The number of aryl methyl sites for hydroxylation is 2. The Hall–Kier alpha value is -1.84. The molecule has 0 aliphatic carbocycles. The van der Waals surface area contributed by atoms with Gasteiger partial charge in [-0.05, 0) is 25.5 Å². The first-order valence-electron chi connectivity index (χ1n) is 4.35. The lowest BCUT2D eigenvalue weighted by molar-refractivity contribution is 1.03. The van der Waals surface area contributed by atoms with Crippen LogP contribution in [0.25, 0.3) is 11.6 Å². The lowest BCUT2D eigenvalue weighted by Gasteiger charge is -2.00. The summed E-state index contributed by atoms with van der Waals surface area (Å²) < 4.78 is 0. The molecule has 2 heterocycles. The molecule has 4 nitrogen and oxygen atoms in total. The normalized spacial score (nSPS) is 10.1. The second kappa shape index (κ2) is 3.49. The standard InChI is InChI=1S/C10H10N4/c1-7-6-13-10(14-8(7)2)9-11-4-3-5-12-9/h3-6H,1-2H3. The van der Waals surface area contributed by atoms with Crippen molar-refractivity contribution in [3.8, 4) is 11.6 Å². The molecule has 14 heavy (non-hydrogen) atoms. The minimum absolute atomic E-state index is 0.565. The Kier molecular flexibility index (Phi) is 2.18. The van der Waals surface area contributed by atoms with E-state index < -0.39 is 0 Å². The summed E-state index contributed by atoms with van der Waals surface area (Å²) in [4.78, 5) is 16.6. The fourth-order valence-electron chi connectivity index (χ4n) is 1.05. The molecule has 0 fully saturated rings. The third kappa shape index (κ3) is 1.59. The van der Waals surface area contributed by atoms with Gasteiger partial charge in [-0.2, -0.15) is 0 Å². The molecule has 0 bridgehead atoms. The Balaban J connectivity index is 2.48. The summed E-state index contributed by atoms with van der Waals surface area (Å²) in [7, 11) is 0. The minimum atomic E-state index is 0.565. The molecule has 2 aromatic heterocycles. The molecular weight excluding hydrogens is 176 g/mol. The lowest BCUT2D eigenvalue weighted by Crippen LogP contribution is -1.97. The van der Waals surface area contributed by atoms with Crippen molar-refractivity contribution >= 4 is 0 Å². The van der Waals surface area contributed by atoms with Crippen LogP contribution >= 0.6 is 0 Å². The predicted octanol–water partition coefficient (Wildman–Crippen LogP) is 1.55. The first kappa shape index (κ1) is 8.74. The molecule has 0 aromatic carbocycles. The Morgan fingerprint density at radius 1 is 0.929 bits per heavy atom. The van der Waals surface area contributed by atoms with Gasteiger partial charge in [0, 0.05) is 24.3 Å². The van der Waals surface area contributed by atoms with Gasteiger partial charge in [0.2, 0.25) is 0 Å². The van der Waals surface area contributed by atoms with Gasteiger partial charge in [0.15, 0.2) is 11.6 Å². The van der Waals surface area contributed by atoms with Crippen molar-refractivity contribution in [2.45, 2.75) is 13.8 Å². The number of hydrogen-bond donors (Lipinski definition) is 0. The first-order chi connectivity index (χ1) is 6.77. The summed E-state index contributed by atoms with van der Waals surface area (Å²) in [6, 6.07) is 1.77. The molecule has 0 saturated heterocycles. The molecule has 2 aromatic rings. The van der Waals surface area contributed by atoms with Crippen LogP contribution in [0.4, 0.5) is 0 Å². The van der Waals surface area contributed by atoms with Crippen molar-refractivity contribution in [3.05, 3.63) is 35.9 Å². The lowest BCUT2D eigenvalue weighted by atomic mass is 10.3. The van der Waals surface area contributed by atoms with Crippen LogP contribution in [0.5, 0.6) is 0 Å². The number of aromatic nitrogens is 4. The molecule has 0 atom stereocenters. The van der Waals surface area contributed by atoms with E-state index in [2.05, 4.69) is 19.9 Å². The van der Waals surface area contributed by atoms with Gasteiger partial charge in [0.05, 0.1) is 0 Å². The predicted molar refractivity (Wildman–Crippen MR) is 52.5 cm³/mol. The van der Waals surface area contributed by atoms with Crippen molar-refractivity contribution in [1.82, 2.24) is 19.9 Å². The Bertz CT molecular complexity index is 439. The van der Waals surface area contributed by atoms with Crippen molar-refractivity contribution in [3.63, 3.8) is 0 Å². The average Bonchev–Trinajstić information content (AvgIpc) is 2.23. The molecule has 4 heteroatoms. The van der Waals surface area contributed by atoms with Gasteiger partial charge in [-0.25, -0.2) is 19.9 Å². The van der Waals surface area contributed by atoms with E-state index in [4.69, 9.17) is 0 Å². The maximum absolute atomic E-state index is 4.31. The van der Waals surface area contributed by atoms with Gasteiger partial charge < -0.3 is 0 Å². The summed E-state index contributed by atoms with van der Waals surface area (Å²) >= 11 is 0. The van der Waals surface area contributed by atoms with E-state index >= 15 is 0 Å². The van der Waals surface area contributed by atoms with Gasteiger partial charge in [0.25, 0.3) is 0 Å². The molecule has 0 aliphatic rings. The molecule has 0 radical (unpaired) electrons. The fourth-order valence-corrected chi connectivity index (χ4v) is 1.05. The van der Waals surface area contributed by atoms with Crippen molar-refractivity contribution in [1.29, 1.82) is 0 Å². The van der Waals surface area contributed by atoms with E-state index in [0.29, 0.717) is 11.6 Å². The number of hydrogen-bond acceptors (Lipinski definition) is 4. The molecule has 0 amide bonds. The van der Waals surface area contributed by atoms with Crippen LogP contribution in [0, 0.1) is 13.8 Å². The van der Waals surface area contributed by atoms with Crippen LogP contribution in [-0.2, 0) is 0 Å². The summed E-state index contributed by atoms with van der Waals surface area (Å²) in [5.74, 6) is 1.14. The molecule has 2 rings (SSSR count). The summed E-state index contributed by atoms with van der Waals surface area (Å²) in [6.07, 6.45) is 5.15. The minimum Gasteiger partial charge on any atom is -0.234 e. The van der Waals surface area contributed by atoms with Gasteiger partial charge in [-0.15, -0.1) is 0 Å². The quantitative estimate of drug-likeness (QED) is 0.678. The van der Waals surface area contributed by atoms with E-state index in [0.717, 1.165) is 11.3 Å². The highest BCUT2D eigenvalue weighted by Crippen LogP contribution is 2.09. The van der Waals surface area contributed by atoms with E-state index in [-0.39, 0.29) is 0 Å². The van der Waals surface area contributed by atoms with Crippen LogP contribution in [0.1, 0.15) is 11.3 Å². The maximum atomic E-state index is 4.31. The summed E-state index contributed by atoms with van der Waals surface area (Å²) in [5.41, 5.74) is 2.03. The summed E-state index contributed by atoms with van der Waals surface area (Å²) in [6.45, 7) is 3.93. The van der Waals surface area contributed by atoms with Crippen molar-refractivity contribution in [2.24, 2.45) is 0 Å². The van der Waals surface area contributed by atoms with Crippen LogP contribution in [0.3, 0.4) is 0 Å². The first-order valence-corrected chi connectivity index (χ1v) is 4.35. The molecular formula is C10H10N4. The monoisotopic (exact) mass is 186 g/mol. The third-order valence-corrected chi connectivity index (χ3v) is 1.99. The average molecular weight is 186 g/mol. The third-order valence-electron chi connectivity index (χ3n) is 1.99. The van der Waals surface area contributed by atoms with E-state index in [1.165, 1.54) is 0 Å². The highest BCUT2D eigenvalue weighted by atomic mass is 15.0. The molecule has 0 N–H and O–H groups in total. The second-order valence-electron chi connectivity index (χ2n) is 3.03. The fraction of sp³-hybridized carbons (Fsp3) is 0.200. The van der Waals surface area contributed by atoms with Crippen LogP contribution in [-0.4, -0.2) is 19.9 Å². The Labute approximate surface area is 82.1 Å². The van der Waals surface area contributed by atoms with E-state index in [1.54, 1.807) is 24.7 Å². The molecule has 0 aliphatic heterocycles. The molecule has 0 saturated carbocycles. The van der Waals surface area contributed by atoms with Crippen molar-refractivity contribution < 1.29 is 0 Å². The maximum Gasteiger partial charge on any atom is 0.197 e. The Morgan fingerprint density at radius 3 is 2.29 bits per heavy atom. The molecule has 0 unspecified atom stereocenters. The van der Waals surface area contributed by atoms with Crippen LogP contribution < -0.4 is 0 Å². The van der Waals surface area contributed by atoms with Gasteiger partial charge in [0.1, 0.15) is 0 Å².